The molecule has 1 heterocycles. The van der Waals surface area contributed by atoms with Crippen LogP contribution in [0.5, 0.6) is 0 Å². The van der Waals surface area contributed by atoms with Crippen LogP contribution in [-0.4, -0.2) is 33.3 Å². The van der Waals surface area contributed by atoms with Gasteiger partial charge in [-0.3, -0.25) is 0 Å². The van der Waals surface area contributed by atoms with Gasteiger partial charge < -0.3 is 10.6 Å². The largest absolute Gasteiger partial charge is 0.380 e. The lowest BCUT2D eigenvalue weighted by atomic mass is 10.1. The van der Waals surface area contributed by atoms with Crippen LogP contribution < -0.4 is 10.6 Å². The van der Waals surface area contributed by atoms with E-state index in [4.69, 9.17) is 0 Å². The number of anilines is 1. The smallest absolute Gasteiger partial charge is 0.178 e. The van der Waals surface area contributed by atoms with Crippen molar-refractivity contribution >= 4 is 15.5 Å². The fourth-order valence-corrected chi connectivity index (χ4v) is 2.44. The highest BCUT2D eigenvalue weighted by Gasteiger charge is 2.16. The Hall–Kier alpha value is -1.07. The molecule has 0 spiro atoms. The van der Waals surface area contributed by atoms with Crippen LogP contribution in [0.15, 0.2) is 29.2 Å². The first kappa shape index (κ1) is 11.4. The Bertz CT molecular complexity index is 449. The van der Waals surface area contributed by atoms with Crippen molar-refractivity contribution in [3.05, 3.63) is 24.3 Å². The number of hydrogen-bond acceptors (Lipinski definition) is 4. The van der Waals surface area contributed by atoms with Gasteiger partial charge in [-0.05, 0) is 24.3 Å². The van der Waals surface area contributed by atoms with Crippen LogP contribution >= 0.6 is 0 Å². The molecule has 1 aromatic rings. The molecule has 0 saturated carbocycles. The molecule has 0 radical (unpaired) electrons. The van der Waals surface area contributed by atoms with Crippen LogP contribution in [0.3, 0.4) is 0 Å². The Kier molecular flexibility index (Phi) is 3.16. The van der Waals surface area contributed by atoms with E-state index in [0.29, 0.717) is 10.9 Å². The van der Waals surface area contributed by atoms with Crippen LogP contribution in [-0.2, 0) is 9.84 Å². The minimum absolute atomic E-state index is 0.145. The molecule has 4 nitrogen and oxygen atoms in total. The average Bonchev–Trinajstić information content (AvgIpc) is 2.24. The average molecular weight is 240 g/mol. The molecule has 2 rings (SSSR count). The van der Waals surface area contributed by atoms with Gasteiger partial charge in [0.1, 0.15) is 0 Å². The van der Waals surface area contributed by atoms with Gasteiger partial charge in [-0.2, -0.15) is 0 Å². The number of nitrogens with one attached hydrogen (secondary N) is 2. The Morgan fingerprint density at radius 2 is 1.94 bits per heavy atom. The second kappa shape index (κ2) is 4.43. The fourth-order valence-electron chi connectivity index (χ4n) is 1.55. The summed E-state index contributed by atoms with van der Waals surface area (Å²) < 4.78 is 23.1. The van der Waals surface area contributed by atoms with Gasteiger partial charge in [0.25, 0.3) is 0 Å². The predicted octanol–water partition coefficient (Wildman–Crippen LogP) is 0.864. The zero-order valence-electron chi connectivity index (χ0n) is 9.23. The molecule has 1 fully saturated rings. The Morgan fingerprint density at radius 3 is 2.38 bits per heavy atom. The summed E-state index contributed by atoms with van der Waals surface area (Å²) in [6.07, 6.45) is 0. The number of rotatable bonds is 4. The first-order chi connectivity index (χ1) is 7.62. The lowest BCUT2D eigenvalue weighted by molar-refractivity contribution is 0.472. The third kappa shape index (κ3) is 2.36. The van der Waals surface area contributed by atoms with Gasteiger partial charge >= 0.3 is 0 Å². The topological polar surface area (TPSA) is 58.2 Å². The van der Waals surface area contributed by atoms with Gasteiger partial charge in [-0.1, -0.05) is 6.92 Å². The van der Waals surface area contributed by atoms with Crippen molar-refractivity contribution in [2.24, 2.45) is 0 Å². The number of sulfone groups is 1. The first-order valence-corrected chi connectivity index (χ1v) is 7.07. The summed E-state index contributed by atoms with van der Waals surface area (Å²) in [6, 6.07) is 7.43. The van der Waals surface area contributed by atoms with Crippen molar-refractivity contribution in [1.82, 2.24) is 5.32 Å². The third-order valence-corrected chi connectivity index (χ3v) is 4.50. The van der Waals surface area contributed by atoms with Crippen LogP contribution in [0.25, 0.3) is 0 Å². The normalized spacial score (nSPS) is 16.8. The molecule has 88 valence electrons. The molecule has 1 aliphatic rings. The highest BCUT2D eigenvalue weighted by Crippen LogP contribution is 2.16. The lowest BCUT2D eigenvalue weighted by Gasteiger charge is -2.29. The van der Waals surface area contributed by atoms with Crippen molar-refractivity contribution in [3.8, 4) is 0 Å². The molecule has 2 N–H and O–H groups in total. The van der Waals surface area contributed by atoms with E-state index in [1.807, 2.05) is 12.1 Å². The molecule has 0 aliphatic carbocycles. The van der Waals surface area contributed by atoms with Gasteiger partial charge in [0, 0.05) is 18.8 Å². The highest BCUT2D eigenvalue weighted by atomic mass is 32.2. The van der Waals surface area contributed by atoms with Gasteiger partial charge in [0.05, 0.1) is 16.7 Å². The van der Waals surface area contributed by atoms with Gasteiger partial charge in [-0.15, -0.1) is 0 Å². The highest BCUT2D eigenvalue weighted by molar-refractivity contribution is 7.91. The van der Waals surface area contributed by atoms with Gasteiger partial charge in [0.2, 0.25) is 0 Å². The summed E-state index contributed by atoms with van der Waals surface area (Å²) in [7, 11) is -3.08. The van der Waals surface area contributed by atoms with Crippen LogP contribution in [0, 0.1) is 0 Å². The van der Waals surface area contributed by atoms with Crippen molar-refractivity contribution in [2.45, 2.75) is 17.9 Å². The second-order valence-electron chi connectivity index (χ2n) is 3.93. The van der Waals surface area contributed by atoms with E-state index in [2.05, 4.69) is 10.6 Å². The maximum Gasteiger partial charge on any atom is 0.178 e. The molecule has 0 bridgehead atoms. The standard InChI is InChI=1S/C11H16N2O2S/c1-2-16(14,15)11-5-3-9(4-6-11)13-10-7-12-8-10/h3-6,10,12-13H,2,7-8H2,1H3. The SMILES string of the molecule is CCS(=O)(=O)c1ccc(NC2CNC2)cc1. The molecule has 0 aromatic heterocycles. The summed E-state index contributed by atoms with van der Waals surface area (Å²) in [5, 5.41) is 6.49. The molecular formula is C11H16N2O2S. The molecule has 5 heteroatoms. The predicted molar refractivity (Wildman–Crippen MR) is 64.4 cm³/mol. The maximum absolute atomic E-state index is 11.6. The zero-order chi connectivity index (χ0) is 11.6. The fraction of sp³-hybridized carbons (Fsp3) is 0.455. The molecule has 1 aliphatic heterocycles. The van der Waals surface area contributed by atoms with Crippen molar-refractivity contribution in [3.63, 3.8) is 0 Å². The summed E-state index contributed by atoms with van der Waals surface area (Å²) >= 11 is 0. The molecule has 0 atom stereocenters. The Labute approximate surface area is 96.0 Å². The number of benzene rings is 1. The van der Waals surface area contributed by atoms with E-state index in [9.17, 15) is 8.42 Å². The molecule has 16 heavy (non-hydrogen) atoms. The maximum atomic E-state index is 11.6. The zero-order valence-corrected chi connectivity index (χ0v) is 10.0. The van der Waals surface area contributed by atoms with E-state index in [-0.39, 0.29) is 5.75 Å². The molecular weight excluding hydrogens is 224 g/mol. The molecule has 1 saturated heterocycles. The lowest BCUT2D eigenvalue weighted by Crippen LogP contribution is -2.51. The van der Waals surface area contributed by atoms with E-state index in [0.717, 1.165) is 18.8 Å². The Balaban J connectivity index is 2.09. The van der Waals surface area contributed by atoms with Gasteiger partial charge in [0.15, 0.2) is 9.84 Å². The van der Waals surface area contributed by atoms with E-state index >= 15 is 0 Å². The van der Waals surface area contributed by atoms with E-state index < -0.39 is 9.84 Å². The molecule has 0 amide bonds. The third-order valence-electron chi connectivity index (χ3n) is 2.75. The first-order valence-electron chi connectivity index (χ1n) is 5.42. The second-order valence-corrected chi connectivity index (χ2v) is 6.21. The summed E-state index contributed by atoms with van der Waals surface area (Å²) in [6.45, 7) is 3.59. The molecule has 0 unspecified atom stereocenters. The van der Waals surface area contributed by atoms with Crippen LogP contribution in [0.4, 0.5) is 5.69 Å². The number of hydrogen-bond donors (Lipinski definition) is 2. The van der Waals surface area contributed by atoms with Crippen LogP contribution in [0.1, 0.15) is 6.92 Å². The van der Waals surface area contributed by atoms with E-state index in [1.54, 1.807) is 19.1 Å². The Morgan fingerprint density at radius 1 is 1.31 bits per heavy atom. The minimum atomic E-state index is -3.08. The van der Waals surface area contributed by atoms with Crippen LogP contribution in [0.2, 0.25) is 0 Å². The molecule has 1 aromatic carbocycles. The monoisotopic (exact) mass is 240 g/mol. The van der Waals surface area contributed by atoms with E-state index in [1.165, 1.54) is 0 Å². The van der Waals surface area contributed by atoms with Crippen molar-refractivity contribution < 1.29 is 8.42 Å². The van der Waals surface area contributed by atoms with Crippen molar-refractivity contribution in [1.29, 1.82) is 0 Å². The summed E-state index contributed by atoms with van der Waals surface area (Å²) in [4.78, 5) is 0.396. The summed E-state index contributed by atoms with van der Waals surface area (Å²) in [5.41, 5.74) is 0.974. The van der Waals surface area contributed by atoms with Crippen molar-refractivity contribution in [2.75, 3.05) is 24.2 Å². The summed E-state index contributed by atoms with van der Waals surface area (Å²) in [5.74, 6) is 0.145. The quantitative estimate of drug-likeness (QED) is 0.819. The minimum Gasteiger partial charge on any atom is -0.380 e. The van der Waals surface area contributed by atoms with Gasteiger partial charge in [-0.25, -0.2) is 8.42 Å².